The monoisotopic (exact) mass is 402 g/mol. The first-order valence-corrected chi connectivity index (χ1v) is 8.94. The molecule has 3 rings (SSSR count). The summed E-state index contributed by atoms with van der Waals surface area (Å²) in [5.74, 6) is -1.09. The summed E-state index contributed by atoms with van der Waals surface area (Å²) in [4.78, 5) is 29.4. The van der Waals surface area contributed by atoms with Gasteiger partial charge in [-0.3, -0.25) is 9.78 Å². The highest BCUT2D eigenvalue weighted by atomic mass is 35.5. The van der Waals surface area contributed by atoms with Crippen LogP contribution in [0, 0.1) is 6.92 Å². The maximum Gasteiger partial charge on any atom is 0.339 e. The molecule has 27 heavy (non-hydrogen) atoms. The van der Waals surface area contributed by atoms with Crippen LogP contribution in [0.3, 0.4) is 0 Å². The van der Waals surface area contributed by atoms with Gasteiger partial charge < -0.3 is 10.1 Å². The van der Waals surface area contributed by atoms with Crippen molar-refractivity contribution in [3.8, 4) is 0 Å². The number of amides is 1. The van der Waals surface area contributed by atoms with E-state index in [1.165, 1.54) is 13.0 Å². The number of pyridine rings is 1. The molecular weight excluding hydrogens is 387 g/mol. The number of esters is 1. The molecule has 2 aromatic carbocycles. The third-order valence-corrected chi connectivity index (χ3v) is 4.45. The van der Waals surface area contributed by atoms with Crippen LogP contribution in [0.15, 0.2) is 48.5 Å². The molecule has 0 aliphatic rings. The summed E-state index contributed by atoms with van der Waals surface area (Å²) in [5, 5.41) is 4.04. The van der Waals surface area contributed by atoms with E-state index in [9.17, 15) is 9.59 Å². The Hall–Kier alpha value is -2.63. The second kappa shape index (κ2) is 7.94. The van der Waals surface area contributed by atoms with Gasteiger partial charge in [0.25, 0.3) is 5.91 Å². The highest BCUT2D eigenvalue weighted by Crippen LogP contribution is 2.26. The summed E-state index contributed by atoms with van der Waals surface area (Å²) < 4.78 is 5.35. The standard InChI is InChI=1S/C20H16Cl2N2O3/c1-11-9-15(14-5-3-4-6-17(14)23-11)20(26)27-12(2)19(25)24-18-8-7-13(21)10-16(18)22/h3-10,12H,1-2H3,(H,24,25)/t12-/m1/s1. The zero-order valence-corrected chi connectivity index (χ0v) is 16.1. The third kappa shape index (κ3) is 4.38. The van der Waals surface area contributed by atoms with Crippen LogP contribution in [0.25, 0.3) is 10.9 Å². The fourth-order valence-electron chi connectivity index (χ4n) is 2.58. The minimum Gasteiger partial charge on any atom is -0.449 e. The Morgan fingerprint density at radius 2 is 1.85 bits per heavy atom. The number of carbonyl (C=O) groups excluding carboxylic acids is 2. The van der Waals surface area contributed by atoms with E-state index in [1.807, 2.05) is 18.2 Å². The Labute approximate surface area is 166 Å². The number of aromatic nitrogens is 1. The Morgan fingerprint density at radius 1 is 1.11 bits per heavy atom. The molecule has 5 nitrogen and oxygen atoms in total. The molecule has 0 unspecified atom stereocenters. The van der Waals surface area contributed by atoms with Crippen molar-refractivity contribution in [3.63, 3.8) is 0 Å². The van der Waals surface area contributed by atoms with E-state index in [2.05, 4.69) is 10.3 Å². The molecule has 1 heterocycles. The fourth-order valence-corrected chi connectivity index (χ4v) is 3.04. The van der Waals surface area contributed by atoms with Gasteiger partial charge in [-0.05, 0) is 44.2 Å². The highest BCUT2D eigenvalue weighted by Gasteiger charge is 2.21. The summed E-state index contributed by atoms with van der Waals surface area (Å²) >= 11 is 11.9. The van der Waals surface area contributed by atoms with Gasteiger partial charge in [-0.1, -0.05) is 41.4 Å². The minimum atomic E-state index is -1.02. The zero-order valence-electron chi connectivity index (χ0n) is 14.6. The lowest BCUT2D eigenvalue weighted by Gasteiger charge is -2.15. The number of benzene rings is 2. The van der Waals surface area contributed by atoms with E-state index in [0.29, 0.717) is 37.9 Å². The normalized spacial score (nSPS) is 11.9. The number of rotatable bonds is 4. The van der Waals surface area contributed by atoms with Crippen LogP contribution in [0.4, 0.5) is 5.69 Å². The third-order valence-electron chi connectivity index (χ3n) is 3.91. The van der Waals surface area contributed by atoms with Crippen molar-refractivity contribution < 1.29 is 14.3 Å². The second-order valence-electron chi connectivity index (χ2n) is 5.99. The van der Waals surface area contributed by atoms with Gasteiger partial charge in [-0.2, -0.15) is 0 Å². The number of hydrogen-bond donors (Lipinski definition) is 1. The Balaban J connectivity index is 1.77. The molecule has 3 aromatic rings. The van der Waals surface area contributed by atoms with Crippen molar-refractivity contribution in [1.82, 2.24) is 4.98 Å². The predicted octanol–water partition coefficient (Wildman–Crippen LogP) is 5.03. The topological polar surface area (TPSA) is 68.3 Å². The summed E-state index contributed by atoms with van der Waals surface area (Å²) in [6.45, 7) is 3.29. The largest absolute Gasteiger partial charge is 0.449 e. The number of carbonyl (C=O) groups is 2. The van der Waals surface area contributed by atoms with E-state index < -0.39 is 18.0 Å². The van der Waals surface area contributed by atoms with Crippen LogP contribution in [0.1, 0.15) is 23.0 Å². The van der Waals surface area contributed by atoms with Crippen LogP contribution >= 0.6 is 23.2 Å². The molecule has 0 aliphatic carbocycles. The summed E-state index contributed by atoms with van der Waals surface area (Å²) in [6.07, 6.45) is -1.02. The molecule has 0 spiro atoms. The zero-order chi connectivity index (χ0) is 19.6. The molecule has 0 bridgehead atoms. The maximum atomic E-state index is 12.6. The molecule has 1 amide bonds. The molecule has 0 saturated heterocycles. The van der Waals surface area contributed by atoms with Gasteiger partial charge in [0, 0.05) is 16.1 Å². The molecule has 0 fully saturated rings. The summed E-state index contributed by atoms with van der Waals surface area (Å²) in [7, 11) is 0. The van der Waals surface area contributed by atoms with Crippen molar-refractivity contribution in [1.29, 1.82) is 0 Å². The number of para-hydroxylation sites is 1. The number of fused-ring (bicyclic) bond motifs is 1. The molecule has 138 valence electrons. The van der Waals surface area contributed by atoms with Crippen LogP contribution < -0.4 is 5.32 Å². The van der Waals surface area contributed by atoms with Crippen LogP contribution in [0.5, 0.6) is 0 Å². The minimum absolute atomic E-state index is 0.296. The first kappa shape index (κ1) is 19.1. The Kier molecular flexibility index (Phi) is 5.63. The molecule has 0 radical (unpaired) electrons. The average molecular weight is 403 g/mol. The number of nitrogens with one attached hydrogen (secondary N) is 1. The van der Waals surface area contributed by atoms with Gasteiger partial charge in [-0.25, -0.2) is 4.79 Å². The Bertz CT molecular complexity index is 1040. The number of anilines is 1. The number of hydrogen-bond acceptors (Lipinski definition) is 4. The van der Waals surface area contributed by atoms with Crippen LogP contribution in [0.2, 0.25) is 10.0 Å². The number of aryl methyl sites for hydroxylation is 1. The molecule has 0 aliphatic heterocycles. The van der Waals surface area contributed by atoms with Crippen molar-refractivity contribution in [2.24, 2.45) is 0 Å². The first-order valence-electron chi connectivity index (χ1n) is 8.18. The lowest BCUT2D eigenvalue weighted by atomic mass is 10.1. The Morgan fingerprint density at radius 3 is 2.59 bits per heavy atom. The van der Waals surface area contributed by atoms with E-state index in [1.54, 1.807) is 31.2 Å². The second-order valence-corrected chi connectivity index (χ2v) is 6.83. The number of halogens is 2. The number of ether oxygens (including phenoxy) is 1. The molecular formula is C20H16Cl2N2O3. The summed E-state index contributed by atoms with van der Waals surface area (Å²) in [6, 6.07) is 13.6. The lowest BCUT2D eigenvalue weighted by molar-refractivity contribution is -0.123. The van der Waals surface area contributed by atoms with Gasteiger partial charge in [0.05, 0.1) is 21.8 Å². The van der Waals surface area contributed by atoms with Crippen LogP contribution in [-0.2, 0) is 9.53 Å². The van der Waals surface area contributed by atoms with E-state index in [4.69, 9.17) is 27.9 Å². The van der Waals surface area contributed by atoms with E-state index in [0.717, 1.165) is 0 Å². The van der Waals surface area contributed by atoms with Gasteiger partial charge in [0.1, 0.15) is 0 Å². The SMILES string of the molecule is Cc1cc(C(=O)O[C@H](C)C(=O)Nc2ccc(Cl)cc2Cl)c2ccccc2n1. The van der Waals surface area contributed by atoms with Crippen molar-refractivity contribution in [3.05, 3.63) is 69.8 Å². The predicted molar refractivity (Wildman–Crippen MR) is 106 cm³/mol. The van der Waals surface area contributed by atoms with Crippen molar-refractivity contribution in [2.45, 2.75) is 20.0 Å². The van der Waals surface area contributed by atoms with Gasteiger partial charge >= 0.3 is 5.97 Å². The maximum absolute atomic E-state index is 12.6. The summed E-state index contributed by atoms with van der Waals surface area (Å²) in [5.41, 5.74) is 2.13. The average Bonchev–Trinajstić information content (AvgIpc) is 2.63. The molecule has 1 N–H and O–H groups in total. The fraction of sp³-hybridized carbons (Fsp3) is 0.150. The quantitative estimate of drug-likeness (QED) is 0.621. The van der Waals surface area contributed by atoms with Crippen LogP contribution in [-0.4, -0.2) is 23.0 Å². The first-order chi connectivity index (χ1) is 12.8. The smallest absolute Gasteiger partial charge is 0.339 e. The van der Waals surface area contributed by atoms with Gasteiger partial charge in [0.2, 0.25) is 0 Å². The van der Waals surface area contributed by atoms with Gasteiger partial charge in [0.15, 0.2) is 6.10 Å². The molecule has 1 aromatic heterocycles. The lowest BCUT2D eigenvalue weighted by Crippen LogP contribution is -2.30. The van der Waals surface area contributed by atoms with E-state index in [-0.39, 0.29) is 0 Å². The van der Waals surface area contributed by atoms with Crippen molar-refractivity contribution in [2.75, 3.05) is 5.32 Å². The molecule has 7 heteroatoms. The highest BCUT2D eigenvalue weighted by molar-refractivity contribution is 6.36. The molecule has 0 saturated carbocycles. The molecule has 1 atom stereocenters. The number of nitrogens with zero attached hydrogens (tertiary/aromatic N) is 1. The van der Waals surface area contributed by atoms with Crippen molar-refractivity contribution >= 4 is 51.7 Å². The van der Waals surface area contributed by atoms with Gasteiger partial charge in [-0.15, -0.1) is 0 Å². The van der Waals surface area contributed by atoms with E-state index >= 15 is 0 Å².